The van der Waals surface area contributed by atoms with Crippen LogP contribution in [0.15, 0.2) is 48.5 Å². The summed E-state index contributed by atoms with van der Waals surface area (Å²) in [6.07, 6.45) is -9.90. The number of hydrogen-bond donors (Lipinski definition) is 1. The molecule has 7 nitrogen and oxygen atoms in total. The number of benzene rings is 2. The number of nitrogens with one attached hydrogen (secondary N) is 1. The van der Waals surface area contributed by atoms with E-state index in [0.29, 0.717) is 35.7 Å². The van der Waals surface area contributed by atoms with Gasteiger partial charge in [0.15, 0.2) is 0 Å². The minimum Gasteiger partial charge on any atom is -0.497 e. The predicted octanol–water partition coefficient (Wildman–Crippen LogP) is 7.34. The Bertz CT molecular complexity index is 1410. The number of aromatic nitrogens is 2. The van der Waals surface area contributed by atoms with E-state index in [2.05, 4.69) is 10.4 Å². The lowest BCUT2D eigenvalue weighted by molar-refractivity contribution is -0.143. The van der Waals surface area contributed by atoms with E-state index in [1.807, 2.05) is 34.6 Å². The first-order valence-electron chi connectivity index (χ1n) is 13.4. The van der Waals surface area contributed by atoms with Gasteiger partial charge < -0.3 is 15.0 Å². The van der Waals surface area contributed by atoms with Crippen molar-refractivity contribution in [1.82, 2.24) is 14.7 Å². The Labute approximate surface area is 245 Å². The molecule has 1 N–H and O–H groups in total. The topological polar surface area (TPSA) is 76.5 Å². The molecule has 1 heterocycles. The number of alkyl halides is 6. The molecule has 3 aromatic rings. The molecule has 0 spiro atoms. The molecule has 3 rings (SSSR count). The van der Waals surface area contributed by atoms with Crippen LogP contribution in [0.2, 0.25) is 0 Å². The number of carbonyl (C=O) groups excluding carboxylic acids is 2. The molecule has 0 fully saturated rings. The van der Waals surface area contributed by atoms with Gasteiger partial charge in [-0.1, -0.05) is 34.6 Å². The number of hydrogen-bond acceptors (Lipinski definition) is 4. The van der Waals surface area contributed by atoms with Gasteiger partial charge >= 0.3 is 12.4 Å². The molecule has 0 unspecified atom stereocenters. The third kappa shape index (κ3) is 8.74. The van der Waals surface area contributed by atoms with Crippen LogP contribution in [-0.2, 0) is 22.6 Å². The van der Waals surface area contributed by atoms with Crippen LogP contribution in [-0.4, -0.2) is 46.7 Å². The summed E-state index contributed by atoms with van der Waals surface area (Å²) in [5.41, 5.74) is -3.24. The minimum absolute atomic E-state index is 0.0245. The van der Waals surface area contributed by atoms with Gasteiger partial charge in [0.25, 0.3) is 5.91 Å². The molecule has 0 atom stereocenters. The second-order valence-corrected chi connectivity index (χ2v) is 11.5. The Morgan fingerprint density at radius 3 is 1.95 bits per heavy atom. The van der Waals surface area contributed by atoms with Crippen LogP contribution >= 0.6 is 0 Å². The molecule has 0 aliphatic heterocycles. The van der Waals surface area contributed by atoms with E-state index in [0.717, 1.165) is 4.90 Å². The average molecular weight is 613 g/mol. The van der Waals surface area contributed by atoms with Crippen LogP contribution in [0.1, 0.15) is 68.2 Å². The van der Waals surface area contributed by atoms with Crippen molar-refractivity contribution in [3.8, 4) is 11.4 Å². The number of amides is 2. The number of ether oxygens (including phenoxy) is 1. The Morgan fingerprint density at radius 2 is 1.49 bits per heavy atom. The standard InChI is InChI=1S/C30H34F6N4O3/c1-18(2)11-12-39(27(42)19-13-20(29(31,32)33)15-21(14-19)30(34,35)36)17-26(41)37-25-16-24(28(3,4)5)38-40(25)22-7-9-23(43-6)10-8-22/h7-10,13-16,18H,11-12,17H2,1-6H3,(H,37,41). The highest BCUT2D eigenvalue weighted by molar-refractivity contribution is 5.99. The van der Waals surface area contributed by atoms with Crippen LogP contribution in [0, 0.1) is 5.92 Å². The lowest BCUT2D eigenvalue weighted by Gasteiger charge is -2.24. The molecule has 0 aliphatic carbocycles. The Hall–Kier alpha value is -4.03. The van der Waals surface area contributed by atoms with Crippen LogP contribution in [0.3, 0.4) is 0 Å². The minimum atomic E-state index is -5.12. The van der Waals surface area contributed by atoms with Gasteiger partial charge in [0.1, 0.15) is 18.1 Å². The molecule has 2 aromatic carbocycles. The molecule has 0 bridgehead atoms. The highest BCUT2D eigenvalue weighted by Crippen LogP contribution is 2.36. The first-order valence-corrected chi connectivity index (χ1v) is 13.4. The van der Waals surface area contributed by atoms with Crippen molar-refractivity contribution in [2.45, 2.75) is 58.8 Å². The second kappa shape index (κ2) is 12.7. The summed E-state index contributed by atoms with van der Waals surface area (Å²) in [5, 5.41) is 7.32. The Morgan fingerprint density at radius 1 is 0.930 bits per heavy atom. The summed E-state index contributed by atoms with van der Waals surface area (Å²) >= 11 is 0. The molecule has 0 saturated carbocycles. The second-order valence-electron chi connectivity index (χ2n) is 11.5. The molecule has 0 radical (unpaired) electrons. The highest BCUT2D eigenvalue weighted by atomic mass is 19.4. The van der Waals surface area contributed by atoms with E-state index < -0.39 is 52.8 Å². The van der Waals surface area contributed by atoms with Crippen molar-refractivity contribution in [3.05, 3.63) is 70.9 Å². The van der Waals surface area contributed by atoms with Crippen molar-refractivity contribution in [2.24, 2.45) is 5.92 Å². The van der Waals surface area contributed by atoms with Crippen LogP contribution in [0.5, 0.6) is 5.75 Å². The van der Waals surface area contributed by atoms with Crippen molar-refractivity contribution < 1.29 is 40.7 Å². The number of carbonyl (C=O) groups is 2. The third-order valence-electron chi connectivity index (χ3n) is 6.49. The predicted molar refractivity (Wildman–Crippen MR) is 149 cm³/mol. The molecule has 2 amide bonds. The van der Waals surface area contributed by atoms with Crippen LogP contribution in [0.25, 0.3) is 5.69 Å². The fraction of sp³-hybridized carbons (Fsp3) is 0.433. The molecule has 13 heteroatoms. The van der Waals surface area contributed by atoms with Crippen molar-refractivity contribution in [3.63, 3.8) is 0 Å². The van der Waals surface area contributed by atoms with E-state index in [1.54, 1.807) is 30.3 Å². The van der Waals surface area contributed by atoms with Gasteiger partial charge in [-0.05, 0) is 54.8 Å². The monoisotopic (exact) mass is 612 g/mol. The third-order valence-corrected chi connectivity index (χ3v) is 6.49. The summed E-state index contributed by atoms with van der Waals surface area (Å²) in [5.74, 6) is -0.965. The molecule has 0 aliphatic rings. The van der Waals surface area contributed by atoms with Gasteiger partial charge in [-0.2, -0.15) is 31.4 Å². The van der Waals surface area contributed by atoms with E-state index >= 15 is 0 Å². The summed E-state index contributed by atoms with van der Waals surface area (Å²) in [4.78, 5) is 27.6. The molecular formula is C30H34F6N4O3. The zero-order valence-electron chi connectivity index (χ0n) is 24.7. The van der Waals surface area contributed by atoms with Gasteiger partial charge in [0.2, 0.25) is 5.91 Å². The Balaban J connectivity index is 1.97. The molecule has 1 aromatic heterocycles. The molecule has 0 saturated heterocycles. The smallest absolute Gasteiger partial charge is 0.416 e. The van der Waals surface area contributed by atoms with Crippen molar-refractivity contribution in [2.75, 3.05) is 25.5 Å². The summed E-state index contributed by atoms with van der Waals surface area (Å²) in [7, 11) is 1.52. The molecule has 234 valence electrons. The number of methoxy groups -OCH3 is 1. The fourth-order valence-electron chi connectivity index (χ4n) is 4.04. The van der Waals surface area contributed by atoms with E-state index in [-0.39, 0.29) is 24.3 Å². The number of anilines is 1. The maximum Gasteiger partial charge on any atom is 0.416 e. The zero-order chi connectivity index (χ0) is 32.3. The lowest BCUT2D eigenvalue weighted by Crippen LogP contribution is -2.39. The van der Waals surface area contributed by atoms with Gasteiger partial charge in [0.05, 0.1) is 29.6 Å². The maximum absolute atomic E-state index is 13.4. The number of halogens is 6. The van der Waals surface area contributed by atoms with Gasteiger partial charge in [-0.3, -0.25) is 9.59 Å². The highest BCUT2D eigenvalue weighted by Gasteiger charge is 2.38. The lowest BCUT2D eigenvalue weighted by atomic mass is 9.92. The Kier molecular flexibility index (Phi) is 9.87. The quantitative estimate of drug-likeness (QED) is 0.257. The fourth-order valence-corrected chi connectivity index (χ4v) is 4.04. The maximum atomic E-state index is 13.4. The van der Waals surface area contributed by atoms with Crippen LogP contribution < -0.4 is 10.1 Å². The number of nitrogens with zero attached hydrogens (tertiary/aromatic N) is 3. The van der Waals surface area contributed by atoms with E-state index in [4.69, 9.17) is 4.74 Å². The SMILES string of the molecule is COc1ccc(-n2nc(C(C)(C)C)cc2NC(=O)CN(CCC(C)C)C(=O)c2cc(C(F)(F)F)cc(C(F)(F)F)c2)cc1. The summed E-state index contributed by atoms with van der Waals surface area (Å²) in [6, 6.07) is 9.20. The van der Waals surface area contributed by atoms with Gasteiger partial charge in [0, 0.05) is 23.6 Å². The molecule has 43 heavy (non-hydrogen) atoms. The van der Waals surface area contributed by atoms with E-state index in [9.17, 15) is 35.9 Å². The number of rotatable bonds is 9. The first kappa shape index (κ1) is 33.5. The van der Waals surface area contributed by atoms with Crippen molar-refractivity contribution in [1.29, 1.82) is 0 Å². The summed E-state index contributed by atoms with van der Waals surface area (Å²) in [6.45, 7) is 8.74. The van der Waals surface area contributed by atoms with Crippen molar-refractivity contribution >= 4 is 17.6 Å². The first-order chi connectivity index (χ1) is 19.8. The van der Waals surface area contributed by atoms with E-state index in [1.165, 1.54) is 11.8 Å². The van der Waals surface area contributed by atoms with Gasteiger partial charge in [-0.25, -0.2) is 4.68 Å². The summed E-state index contributed by atoms with van der Waals surface area (Å²) < 4.78 is 87.3. The normalized spacial score (nSPS) is 12.4. The average Bonchev–Trinajstić information content (AvgIpc) is 3.33. The molecular weight excluding hydrogens is 578 g/mol. The largest absolute Gasteiger partial charge is 0.497 e. The zero-order valence-corrected chi connectivity index (χ0v) is 24.7. The van der Waals surface area contributed by atoms with Gasteiger partial charge in [-0.15, -0.1) is 0 Å². The van der Waals surface area contributed by atoms with Crippen LogP contribution in [0.4, 0.5) is 32.2 Å².